The largest absolute Gasteiger partial charge is 0.391 e. The highest BCUT2D eigenvalue weighted by Crippen LogP contribution is 2.32. The lowest BCUT2D eigenvalue weighted by atomic mass is 10.1. The van der Waals surface area contributed by atoms with E-state index < -0.39 is 6.10 Å². The molecule has 0 saturated heterocycles. The van der Waals surface area contributed by atoms with Crippen LogP contribution in [0.2, 0.25) is 0 Å². The Kier molecular flexibility index (Phi) is 6.84. The van der Waals surface area contributed by atoms with E-state index in [0.717, 1.165) is 28.8 Å². The summed E-state index contributed by atoms with van der Waals surface area (Å²) in [6.45, 7) is 8.64. The Bertz CT molecular complexity index is 1180. The lowest BCUT2D eigenvalue weighted by Crippen LogP contribution is -2.40. The van der Waals surface area contributed by atoms with Crippen LogP contribution in [0, 0.1) is 0 Å². The minimum atomic E-state index is -0.573. The smallest absolute Gasteiger partial charge is 0.234 e. The van der Waals surface area contributed by atoms with E-state index in [4.69, 9.17) is 9.97 Å². The van der Waals surface area contributed by atoms with Gasteiger partial charge in [0.2, 0.25) is 5.95 Å². The van der Waals surface area contributed by atoms with Gasteiger partial charge in [-0.05, 0) is 51.0 Å². The fourth-order valence-corrected chi connectivity index (χ4v) is 3.99. The van der Waals surface area contributed by atoms with Gasteiger partial charge in [-0.15, -0.1) is 0 Å². The van der Waals surface area contributed by atoms with Gasteiger partial charge in [0.15, 0.2) is 17.0 Å². The van der Waals surface area contributed by atoms with Crippen LogP contribution >= 0.6 is 0 Å². The summed E-state index contributed by atoms with van der Waals surface area (Å²) in [4.78, 5) is 20.7. The van der Waals surface area contributed by atoms with Crippen LogP contribution in [0.4, 0.5) is 17.5 Å². The van der Waals surface area contributed by atoms with Crippen molar-refractivity contribution in [1.82, 2.24) is 24.5 Å². The molecule has 0 spiro atoms. The van der Waals surface area contributed by atoms with Gasteiger partial charge in [-0.1, -0.05) is 31.2 Å². The molecule has 0 aliphatic carbocycles. The predicted molar refractivity (Wildman–Crippen MR) is 132 cm³/mol. The van der Waals surface area contributed by atoms with Gasteiger partial charge in [-0.3, -0.25) is 4.98 Å². The van der Waals surface area contributed by atoms with Gasteiger partial charge in [-0.25, -0.2) is 4.98 Å². The van der Waals surface area contributed by atoms with E-state index in [1.54, 1.807) is 6.20 Å². The molecule has 4 rings (SSSR count). The number of pyridine rings is 1. The van der Waals surface area contributed by atoms with Gasteiger partial charge in [0.1, 0.15) is 0 Å². The monoisotopic (exact) mass is 445 g/mol. The van der Waals surface area contributed by atoms with E-state index in [2.05, 4.69) is 36.1 Å². The SMILES string of the molecule is CCC(C(C)O)N(c1ccccc1)c1nc(NCc2cccnc2)c2ncn(C(C)C)c2n1. The third-order valence-electron chi connectivity index (χ3n) is 5.71. The second-order valence-electron chi connectivity index (χ2n) is 8.43. The summed E-state index contributed by atoms with van der Waals surface area (Å²) in [5, 5.41) is 14.0. The highest BCUT2D eigenvalue weighted by atomic mass is 16.3. The first kappa shape index (κ1) is 22.7. The van der Waals surface area contributed by atoms with Gasteiger partial charge < -0.3 is 19.9 Å². The molecule has 3 heterocycles. The topological polar surface area (TPSA) is 92.0 Å². The van der Waals surface area contributed by atoms with Crippen molar-refractivity contribution in [3.63, 3.8) is 0 Å². The van der Waals surface area contributed by atoms with Gasteiger partial charge in [0.05, 0.1) is 18.5 Å². The Morgan fingerprint density at radius 1 is 1.06 bits per heavy atom. The van der Waals surface area contributed by atoms with Crippen molar-refractivity contribution in [2.24, 2.45) is 0 Å². The summed E-state index contributed by atoms with van der Waals surface area (Å²) in [6.07, 6.45) is 5.55. The van der Waals surface area contributed by atoms with Crippen molar-refractivity contribution < 1.29 is 5.11 Å². The standard InChI is InChI=1S/C25H31N7O/c1-5-21(18(4)33)32(20-11-7-6-8-12-20)25-29-23(27-15-19-10-9-13-26-14-19)22-24(30-25)31(16-28-22)17(2)3/h6-14,16-18,21,33H,5,15H2,1-4H3,(H,27,29,30). The Balaban J connectivity index is 1.86. The molecule has 0 fully saturated rings. The van der Waals surface area contributed by atoms with Crippen LogP contribution in [0.25, 0.3) is 11.2 Å². The maximum Gasteiger partial charge on any atom is 0.234 e. The molecule has 0 amide bonds. The van der Waals surface area contributed by atoms with E-state index in [1.807, 2.05) is 71.4 Å². The average Bonchev–Trinajstić information content (AvgIpc) is 3.26. The number of nitrogens with one attached hydrogen (secondary N) is 1. The number of aliphatic hydroxyl groups is 1. The van der Waals surface area contributed by atoms with Crippen LogP contribution in [0.15, 0.2) is 61.2 Å². The number of rotatable bonds is 9. The molecule has 172 valence electrons. The number of aliphatic hydroxyl groups excluding tert-OH is 1. The number of imidazole rings is 1. The van der Waals surface area contributed by atoms with Crippen molar-refractivity contribution in [2.45, 2.75) is 58.8 Å². The minimum absolute atomic E-state index is 0.188. The molecule has 0 radical (unpaired) electrons. The molecule has 3 aromatic heterocycles. The first-order chi connectivity index (χ1) is 16.0. The lowest BCUT2D eigenvalue weighted by molar-refractivity contribution is 0.160. The summed E-state index contributed by atoms with van der Waals surface area (Å²) in [6, 6.07) is 13.9. The molecule has 8 heteroatoms. The molecule has 0 saturated carbocycles. The normalized spacial score (nSPS) is 13.3. The number of nitrogens with zero attached hydrogens (tertiary/aromatic N) is 6. The van der Waals surface area contributed by atoms with E-state index in [0.29, 0.717) is 18.3 Å². The van der Waals surface area contributed by atoms with Crippen molar-refractivity contribution in [1.29, 1.82) is 0 Å². The van der Waals surface area contributed by atoms with Crippen LogP contribution in [-0.4, -0.2) is 41.8 Å². The number of hydrogen-bond donors (Lipinski definition) is 2. The number of para-hydroxylation sites is 1. The van der Waals surface area contributed by atoms with E-state index >= 15 is 0 Å². The Hall–Kier alpha value is -3.52. The predicted octanol–water partition coefficient (Wildman–Crippen LogP) is 4.71. The first-order valence-corrected chi connectivity index (χ1v) is 11.4. The molecule has 0 aliphatic rings. The van der Waals surface area contributed by atoms with Gasteiger partial charge in [0, 0.05) is 30.7 Å². The maximum absolute atomic E-state index is 10.6. The Morgan fingerprint density at radius 3 is 2.48 bits per heavy atom. The van der Waals surface area contributed by atoms with Gasteiger partial charge in [-0.2, -0.15) is 9.97 Å². The summed E-state index contributed by atoms with van der Waals surface area (Å²) in [7, 11) is 0. The molecule has 2 atom stereocenters. The summed E-state index contributed by atoms with van der Waals surface area (Å²) >= 11 is 0. The molecule has 4 aromatic rings. The third-order valence-corrected chi connectivity index (χ3v) is 5.71. The zero-order valence-electron chi connectivity index (χ0n) is 19.6. The van der Waals surface area contributed by atoms with Crippen molar-refractivity contribution in [3.05, 3.63) is 66.7 Å². The number of anilines is 3. The molecule has 33 heavy (non-hydrogen) atoms. The van der Waals surface area contributed by atoms with E-state index in [-0.39, 0.29) is 12.1 Å². The van der Waals surface area contributed by atoms with E-state index in [1.165, 1.54) is 0 Å². The zero-order chi connectivity index (χ0) is 23.4. The molecular formula is C25H31N7O. The zero-order valence-corrected chi connectivity index (χ0v) is 19.6. The van der Waals surface area contributed by atoms with Crippen LogP contribution in [0.3, 0.4) is 0 Å². The molecule has 2 unspecified atom stereocenters. The first-order valence-electron chi connectivity index (χ1n) is 11.4. The highest BCUT2D eigenvalue weighted by molar-refractivity contribution is 5.85. The summed E-state index contributed by atoms with van der Waals surface area (Å²) < 4.78 is 2.04. The molecule has 0 aliphatic heterocycles. The third kappa shape index (κ3) is 4.80. The molecule has 0 bridgehead atoms. The maximum atomic E-state index is 10.6. The van der Waals surface area contributed by atoms with E-state index in [9.17, 15) is 5.11 Å². The average molecular weight is 446 g/mol. The lowest BCUT2D eigenvalue weighted by Gasteiger charge is -2.33. The summed E-state index contributed by atoms with van der Waals surface area (Å²) in [5.74, 6) is 1.18. The number of aromatic nitrogens is 5. The highest BCUT2D eigenvalue weighted by Gasteiger charge is 2.27. The molecule has 8 nitrogen and oxygen atoms in total. The second-order valence-corrected chi connectivity index (χ2v) is 8.43. The number of benzene rings is 1. The van der Waals surface area contributed by atoms with Gasteiger partial charge >= 0.3 is 0 Å². The fraction of sp³-hybridized carbons (Fsp3) is 0.360. The van der Waals surface area contributed by atoms with Crippen LogP contribution in [0.1, 0.15) is 45.7 Å². The fourth-order valence-electron chi connectivity index (χ4n) is 3.99. The quantitative estimate of drug-likeness (QED) is 0.385. The van der Waals surface area contributed by atoms with Crippen LogP contribution < -0.4 is 10.2 Å². The van der Waals surface area contributed by atoms with Crippen LogP contribution in [0.5, 0.6) is 0 Å². The van der Waals surface area contributed by atoms with Crippen molar-refractivity contribution >= 4 is 28.6 Å². The number of fused-ring (bicyclic) bond motifs is 1. The Labute approximate surface area is 194 Å². The summed E-state index contributed by atoms with van der Waals surface area (Å²) in [5.41, 5.74) is 3.45. The van der Waals surface area contributed by atoms with Gasteiger partial charge in [0.25, 0.3) is 0 Å². The minimum Gasteiger partial charge on any atom is -0.391 e. The number of hydrogen-bond acceptors (Lipinski definition) is 7. The Morgan fingerprint density at radius 2 is 1.85 bits per heavy atom. The molecule has 1 aromatic carbocycles. The molecule has 2 N–H and O–H groups in total. The molecular weight excluding hydrogens is 414 g/mol. The van der Waals surface area contributed by atoms with Crippen molar-refractivity contribution in [3.8, 4) is 0 Å². The van der Waals surface area contributed by atoms with Crippen LogP contribution in [-0.2, 0) is 6.54 Å². The van der Waals surface area contributed by atoms with Crippen molar-refractivity contribution in [2.75, 3.05) is 10.2 Å². The second kappa shape index (κ2) is 9.95.